The van der Waals surface area contributed by atoms with Gasteiger partial charge in [0.1, 0.15) is 0 Å². The largest absolute Gasteiger partial charge is 0.309 e. The number of thiazole rings is 1. The Morgan fingerprint density at radius 2 is 2.18 bits per heavy atom. The number of nitrogens with zero attached hydrogens (tertiary/aromatic N) is 1. The molecular weight excluding hydrogens is 228 g/mol. The Morgan fingerprint density at radius 3 is 2.71 bits per heavy atom. The second-order valence-corrected chi connectivity index (χ2v) is 6.44. The Morgan fingerprint density at radius 1 is 1.41 bits per heavy atom. The highest BCUT2D eigenvalue weighted by atomic mass is 32.1. The average Bonchev–Trinajstić information content (AvgIpc) is 3.05. The maximum absolute atomic E-state index is 4.56. The molecule has 0 saturated heterocycles. The van der Waals surface area contributed by atoms with Crippen LogP contribution in [-0.2, 0) is 0 Å². The minimum atomic E-state index is 0.543. The summed E-state index contributed by atoms with van der Waals surface area (Å²) in [4.78, 5) is 6.03. The number of hydrogen-bond donors (Lipinski definition) is 1. The summed E-state index contributed by atoms with van der Waals surface area (Å²) in [5.41, 5.74) is 1.23. The summed E-state index contributed by atoms with van der Waals surface area (Å²) in [5, 5.41) is 4.89. The number of nitrogens with one attached hydrogen (secondary N) is 1. The SMILES string of the molecule is CCCNC(CCC1CC1)c1sc(C)nc1C. The summed E-state index contributed by atoms with van der Waals surface area (Å²) in [6, 6.07) is 0.543. The molecule has 0 amide bonds. The molecule has 96 valence electrons. The molecule has 17 heavy (non-hydrogen) atoms. The van der Waals surface area contributed by atoms with E-state index in [1.807, 2.05) is 11.3 Å². The summed E-state index contributed by atoms with van der Waals surface area (Å²) in [6.45, 7) is 7.61. The van der Waals surface area contributed by atoms with Crippen LogP contribution in [0, 0.1) is 19.8 Å². The molecular formula is C14H24N2S. The van der Waals surface area contributed by atoms with E-state index in [-0.39, 0.29) is 0 Å². The van der Waals surface area contributed by atoms with Crippen LogP contribution >= 0.6 is 11.3 Å². The van der Waals surface area contributed by atoms with Gasteiger partial charge in [-0.3, -0.25) is 0 Å². The van der Waals surface area contributed by atoms with Gasteiger partial charge in [0.25, 0.3) is 0 Å². The van der Waals surface area contributed by atoms with Crippen molar-refractivity contribution in [3.8, 4) is 0 Å². The van der Waals surface area contributed by atoms with E-state index in [2.05, 4.69) is 31.1 Å². The highest BCUT2D eigenvalue weighted by Crippen LogP contribution is 2.37. The second-order valence-electron chi connectivity index (χ2n) is 5.21. The van der Waals surface area contributed by atoms with Crippen LogP contribution in [0.5, 0.6) is 0 Å². The zero-order chi connectivity index (χ0) is 12.3. The van der Waals surface area contributed by atoms with Crippen LogP contribution < -0.4 is 5.32 Å². The molecule has 0 bridgehead atoms. The summed E-state index contributed by atoms with van der Waals surface area (Å²) >= 11 is 1.87. The first-order valence-electron chi connectivity index (χ1n) is 6.88. The number of aryl methyl sites for hydroxylation is 2. The van der Waals surface area contributed by atoms with E-state index >= 15 is 0 Å². The molecule has 1 atom stereocenters. The predicted octanol–water partition coefficient (Wildman–Crippen LogP) is 3.99. The lowest BCUT2D eigenvalue weighted by Gasteiger charge is -2.17. The van der Waals surface area contributed by atoms with Gasteiger partial charge in [0.2, 0.25) is 0 Å². The van der Waals surface area contributed by atoms with Gasteiger partial charge in [-0.1, -0.05) is 19.8 Å². The third-order valence-electron chi connectivity index (χ3n) is 3.46. The van der Waals surface area contributed by atoms with Gasteiger partial charge in [-0.25, -0.2) is 4.98 Å². The number of aromatic nitrogens is 1. The van der Waals surface area contributed by atoms with Crippen LogP contribution in [0.25, 0.3) is 0 Å². The Balaban J connectivity index is 1.98. The van der Waals surface area contributed by atoms with E-state index in [1.165, 1.54) is 47.7 Å². The van der Waals surface area contributed by atoms with Crippen molar-refractivity contribution in [3.05, 3.63) is 15.6 Å². The highest BCUT2D eigenvalue weighted by molar-refractivity contribution is 7.11. The molecule has 2 nitrogen and oxygen atoms in total. The molecule has 0 aromatic carbocycles. The molecule has 2 rings (SSSR count). The smallest absolute Gasteiger partial charge is 0.0900 e. The molecule has 1 saturated carbocycles. The fourth-order valence-electron chi connectivity index (χ4n) is 2.32. The summed E-state index contributed by atoms with van der Waals surface area (Å²) in [5.74, 6) is 1.02. The monoisotopic (exact) mass is 252 g/mol. The van der Waals surface area contributed by atoms with Crippen LogP contribution in [0.2, 0.25) is 0 Å². The third-order valence-corrected chi connectivity index (χ3v) is 4.64. The second kappa shape index (κ2) is 5.96. The van der Waals surface area contributed by atoms with Crippen molar-refractivity contribution in [3.63, 3.8) is 0 Å². The van der Waals surface area contributed by atoms with Crippen LogP contribution in [0.1, 0.15) is 60.6 Å². The Labute approximate surface area is 109 Å². The molecule has 3 heteroatoms. The molecule has 1 fully saturated rings. The van der Waals surface area contributed by atoms with Crippen molar-refractivity contribution in [2.75, 3.05) is 6.54 Å². The van der Waals surface area contributed by atoms with Crippen molar-refractivity contribution >= 4 is 11.3 Å². The molecule has 1 heterocycles. The van der Waals surface area contributed by atoms with Crippen LogP contribution in [0.3, 0.4) is 0 Å². The van der Waals surface area contributed by atoms with E-state index in [1.54, 1.807) is 0 Å². The predicted molar refractivity (Wildman–Crippen MR) is 74.6 cm³/mol. The fourth-order valence-corrected chi connectivity index (χ4v) is 3.36. The van der Waals surface area contributed by atoms with Gasteiger partial charge in [-0.05, 0) is 45.6 Å². The first kappa shape index (κ1) is 13.0. The number of hydrogen-bond acceptors (Lipinski definition) is 3. The maximum Gasteiger partial charge on any atom is 0.0900 e. The topological polar surface area (TPSA) is 24.9 Å². The van der Waals surface area contributed by atoms with E-state index in [0.717, 1.165) is 12.5 Å². The summed E-state index contributed by atoms with van der Waals surface area (Å²) in [6.07, 6.45) is 6.80. The van der Waals surface area contributed by atoms with Gasteiger partial charge in [-0.2, -0.15) is 0 Å². The molecule has 0 spiro atoms. The van der Waals surface area contributed by atoms with Gasteiger partial charge < -0.3 is 5.32 Å². The Kier molecular flexibility index (Phi) is 4.57. The first-order chi connectivity index (χ1) is 8.20. The zero-order valence-electron chi connectivity index (χ0n) is 11.3. The average molecular weight is 252 g/mol. The van der Waals surface area contributed by atoms with E-state index in [0.29, 0.717) is 6.04 Å². The molecule has 1 aromatic heterocycles. The maximum atomic E-state index is 4.56. The minimum absolute atomic E-state index is 0.543. The normalized spacial score (nSPS) is 17.4. The van der Waals surface area contributed by atoms with E-state index in [9.17, 15) is 0 Å². The van der Waals surface area contributed by atoms with Crippen LogP contribution in [-0.4, -0.2) is 11.5 Å². The molecule has 1 aromatic rings. The fraction of sp³-hybridized carbons (Fsp3) is 0.786. The summed E-state index contributed by atoms with van der Waals surface area (Å²) in [7, 11) is 0. The molecule has 0 aliphatic heterocycles. The van der Waals surface area contributed by atoms with Crippen molar-refractivity contribution in [2.45, 2.75) is 58.9 Å². The Hall–Kier alpha value is -0.410. The lowest BCUT2D eigenvalue weighted by Crippen LogP contribution is -2.22. The molecule has 1 aliphatic rings. The Bertz CT molecular complexity index is 355. The lowest BCUT2D eigenvalue weighted by molar-refractivity contribution is 0.474. The van der Waals surface area contributed by atoms with E-state index in [4.69, 9.17) is 0 Å². The van der Waals surface area contributed by atoms with Gasteiger partial charge in [0.05, 0.1) is 10.7 Å². The first-order valence-corrected chi connectivity index (χ1v) is 7.69. The van der Waals surface area contributed by atoms with Crippen LogP contribution in [0.4, 0.5) is 0 Å². The third kappa shape index (κ3) is 3.78. The van der Waals surface area contributed by atoms with Gasteiger partial charge >= 0.3 is 0 Å². The van der Waals surface area contributed by atoms with Gasteiger partial charge in [0.15, 0.2) is 0 Å². The molecule has 1 N–H and O–H groups in total. The zero-order valence-corrected chi connectivity index (χ0v) is 12.1. The van der Waals surface area contributed by atoms with Gasteiger partial charge in [0, 0.05) is 10.9 Å². The van der Waals surface area contributed by atoms with Crippen molar-refractivity contribution < 1.29 is 0 Å². The van der Waals surface area contributed by atoms with Crippen molar-refractivity contribution in [2.24, 2.45) is 5.92 Å². The van der Waals surface area contributed by atoms with Gasteiger partial charge in [-0.15, -0.1) is 11.3 Å². The standard InChI is InChI=1S/C14H24N2S/c1-4-9-15-13(8-7-12-5-6-12)14-10(2)16-11(3)17-14/h12-13,15H,4-9H2,1-3H3. The summed E-state index contributed by atoms with van der Waals surface area (Å²) < 4.78 is 0. The quantitative estimate of drug-likeness (QED) is 0.793. The minimum Gasteiger partial charge on any atom is -0.309 e. The molecule has 0 radical (unpaired) electrons. The number of rotatable bonds is 7. The van der Waals surface area contributed by atoms with Crippen molar-refractivity contribution in [1.29, 1.82) is 0 Å². The van der Waals surface area contributed by atoms with Crippen molar-refractivity contribution in [1.82, 2.24) is 10.3 Å². The highest BCUT2D eigenvalue weighted by Gasteiger charge is 2.24. The lowest BCUT2D eigenvalue weighted by atomic mass is 10.1. The molecule has 1 aliphatic carbocycles. The van der Waals surface area contributed by atoms with Crippen LogP contribution in [0.15, 0.2) is 0 Å². The molecule has 1 unspecified atom stereocenters. The van der Waals surface area contributed by atoms with E-state index < -0.39 is 0 Å².